The molecule has 0 aliphatic carbocycles. The lowest BCUT2D eigenvalue weighted by Gasteiger charge is -2.07. The van der Waals surface area contributed by atoms with Crippen molar-refractivity contribution in [3.8, 4) is 11.8 Å². The van der Waals surface area contributed by atoms with Gasteiger partial charge in [0.25, 0.3) is 5.91 Å². The highest BCUT2D eigenvalue weighted by Gasteiger charge is 2.11. The van der Waals surface area contributed by atoms with Gasteiger partial charge in [-0.15, -0.1) is 0 Å². The van der Waals surface area contributed by atoms with Crippen LogP contribution >= 0.6 is 15.9 Å². The Balaban J connectivity index is 1.70. The number of ether oxygens (including phenoxy) is 1. The van der Waals surface area contributed by atoms with E-state index in [2.05, 4.69) is 31.2 Å². The lowest BCUT2D eigenvalue weighted by atomic mass is 10.2. The van der Waals surface area contributed by atoms with Crippen LogP contribution in [0.4, 0.5) is 10.1 Å². The molecule has 3 aromatic rings. The highest BCUT2D eigenvalue weighted by atomic mass is 79.9. The normalized spacial score (nSPS) is 10.2. The van der Waals surface area contributed by atoms with Crippen molar-refractivity contribution in [3.63, 3.8) is 0 Å². The predicted molar refractivity (Wildman–Crippen MR) is 90.6 cm³/mol. The van der Waals surface area contributed by atoms with Crippen molar-refractivity contribution in [2.24, 2.45) is 0 Å². The maximum Gasteiger partial charge on any atom is 0.322 e. The largest absolute Gasteiger partial charge is 0.421 e. The molecule has 1 amide bonds. The number of nitrogens with one attached hydrogen (secondary N) is 1. The fourth-order valence-electron chi connectivity index (χ4n) is 1.90. The van der Waals surface area contributed by atoms with Gasteiger partial charge < -0.3 is 10.1 Å². The zero-order chi connectivity index (χ0) is 16.9. The topological polar surface area (TPSA) is 64.1 Å². The van der Waals surface area contributed by atoms with Crippen LogP contribution in [0.1, 0.15) is 10.4 Å². The quantitative estimate of drug-likeness (QED) is 0.719. The predicted octanol–water partition coefficient (Wildman–Crippen LogP) is 4.42. The number of carbonyl (C=O) groups is 1. The number of amides is 1. The molecule has 1 N–H and O–H groups in total. The van der Waals surface area contributed by atoms with Crippen molar-refractivity contribution in [1.29, 1.82) is 0 Å². The average Bonchev–Trinajstić information content (AvgIpc) is 2.59. The minimum atomic E-state index is -0.507. The smallest absolute Gasteiger partial charge is 0.322 e. The van der Waals surface area contributed by atoms with Gasteiger partial charge in [-0.1, -0.05) is 24.3 Å². The Kier molecular flexibility index (Phi) is 4.81. The third-order valence-corrected chi connectivity index (χ3v) is 3.73. The van der Waals surface area contributed by atoms with Crippen LogP contribution in [0, 0.1) is 5.82 Å². The summed E-state index contributed by atoms with van der Waals surface area (Å²) in [7, 11) is 0. The SMILES string of the molecule is O=C(Nc1cnc(Oc2ccccc2F)nc1)c1ccccc1Br. The van der Waals surface area contributed by atoms with Crippen LogP contribution in [-0.4, -0.2) is 15.9 Å². The molecule has 0 radical (unpaired) electrons. The van der Waals surface area contributed by atoms with E-state index in [4.69, 9.17) is 4.74 Å². The first-order valence-electron chi connectivity index (χ1n) is 6.94. The molecule has 0 spiro atoms. The van der Waals surface area contributed by atoms with Crippen LogP contribution in [0.15, 0.2) is 65.4 Å². The molecule has 0 atom stereocenters. The molecule has 24 heavy (non-hydrogen) atoms. The first kappa shape index (κ1) is 16.1. The summed E-state index contributed by atoms with van der Waals surface area (Å²) in [5.74, 6) is -0.774. The molecule has 0 bridgehead atoms. The number of nitrogens with zero attached hydrogens (tertiary/aromatic N) is 2. The number of carbonyl (C=O) groups excluding carboxylic acids is 1. The second-order valence-electron chi connectivity index (χ2n) is 4.72. The Bertz CT molecular complexity index is 872. The van der Waals surface area contributed by atoms with Gasteiger partial charge in [0, 0.05) is 4.47 Å². The summed E-state index contributed by atoms with van der Waals surface area (Å²) in [5.41, 5.74) is 0.890. The minimum absolute atomic E-state index is 0.0148. The number of anilines is 1. The summed E-state index contributed by atoms with van der Waals surface area (Å²) in [5, 5.41) is 2.68. The van der Waals surface area contributed by atoms with Gasteiger partial charge in [-0.2, -0.15) is 0 Å². The second-order valence-corrected chi connectivity index (χ2v) is 5.58. The van der Waals surface area contributed by atoms with Gasteiger partial charge in [0.15, 0.2) is 11.6 Å². The summed E-state index contributed by atoms with van der Waals surface area (Å²) >= 11 is 3.32. The number of rotatable bonds is 4. The van der Waals surface area contributed by atoms with E-state index in [9.17, 15) is 9.18 Å². The van der Waals surface area contributed by atoms with Gasteiger partial charge in [0.1, 0.15) is 0 Å². The standard InChI is InChI=1S/C17H11BrFN3O2/c18-13-6-2-1-5-12(13)16(23)22-11-9-20-17(21-10-11)24-15-8-4-3-7-14(15)19/h1-10H,(H,22,23). The molecule has 7 heteroatoms. The molecule has 0 unspecified atom stereocenters. The number of halogens is 2. The van der Waals surface area contributed by atoms with E-state index >= 15 is 0 Å². The molecule has 0 aliphatic rings. The lowest BCUT2D eigenvalue weighted by molar-refractivity contribution is 0.102. The van der Waals surface area contributed by atoms with Gasteiger partial charge in [-0.3, -0.25) is 4.79 Å². The van der Waals surface area contributed by atoms with Crippen LogP contribution < -0.4 is 10.1 Å². The zero-order valence-electron chi connectivity index (χ0n) is 12.2. The summed E-state index contributed by atoms with van der Waals surface area (Å²) in [4.78, 5) is 20.1. The van der Waals surface area contributed by atoms with Crippen molar-refractivity contribution < 1.29 is 13.9 Å². The molecule has 0 aliphatic heterocycles. The third-order valence-electron chi connectivity index (χ3n) is 3.04. The zero-order valence-corrected chi connectivity index (χ0v) is 13.8. The maximum atomic E-state index is 13.5. The van der Waals surface area contributed by atoms with E-state index in [1.165, 1.54) is 24.5 Å². The molecule has 0 fully saturated rings. The monoisotopic (exact) mass is 387 g/mol. The van der Waals surface area contributed by atoms with Crippen molar-refractivity contribution in [2.75, 3.05) is 5.32 Å². The summed E-state index contributed by atoms with van der Waals surface area (Å²) < 4.78 is 19.4. The van der Waals surface area contributed by atoms with Crippen LogP contribution in [0.25, 0.3) is 0 Å². The van der Waals surface area contributed by atoms with Crippen LogP contribution in [0.5, 0.6) is 11.8 Å². The van der Waals surface area contributed by atoms with Crippen molar-refractivity contribution >= 4 is 27.5 Å². The Morgan fingerprint density at radius 3 is 2.42 bits per heavy atom. The van der Waals surface area contributed by atoms with E-state index in [1.54, 1.807) is 30.3 Å². The van der Waals surface area contributed by atoms with Crippen molar-refractivity contribution in [2.45, 2.75) is 0 Å². The summed E-state index contributed by atoms with van der Waals surface area (Å²) in [6.45, 7) is 0. The van der Waals surface area contributed by atoms with E-state index in [1.807, 2.05) is 6.07 Å². The van der Waals surface area contributed by atoms with Crippen LogP contribution in [-0.2, 0) is 0 Å². The van der Waals surface area contributed by atoms with Gasteiger partial charge in [-0.25, -0.2) is 14.4 Å². The number of aromatic nitrogens is 2. The Morgan fingerprint density at radius 2 is 1.71 bits per heavy atom. The molecule has 120 valence electrons. The molecule has 3 rings (SSSR count). The second kappa shape index (κ2) is 7.18. The molecule has 5 nitrogen and oxygen atoms in total. The van der Waals surface area contributed by atoms with Gasteiger partial charge in [0.05, 0.1) is 23.6 Å². The lowest BCUT2D eigenvalue weighted by Crippen LogP contribution is -2.13. The Morgan fingerprint density at radius 1 is 1.04 bits per heavy atom. The summed E-state index contributed by atoms with van der Waals surface area (Å²) in [6, 6.07) is 13.0. The number of para-hydroxylation sites is 1. The van der Waals surface area contributed by atoms with Gasteiger partial charge >= 0.3 is 6.01 Å². The molecule has 0 saturated carbocycles. The van der Waals surface area contributed by atoms with E-state index in [0.29, 0.717) is 15.7 Å². The highest BCUT2D eigenvalue weighted by molar-refractivity contribution is 9.10. The van der Waals surface area contributed by atoms with Crippen molar-refractivity contribution in [1.82, 2.24) is 9.97 Å². The fraction of sp³-hybridized carbons (Fsp3) is 0. The van der Waals surface area contributed by atoms with Crippen LogP contribution in [0.3, 0.4) is 0 Å². The van der Waals surface area contributed by atoms with Gasteiger partial charge in [-0.05, 0) is 40.2 Å². The molecular formula is C17H11BrFN3O2. The summed E-state index contributed by atoms with van der Waals surface area (Å²) in [6.07, 6.45) is 2.77. The molecule has 0 saturated heterocycles. The van der Waals surface area contributed by atoms with Gasteiger partial charge in [0.2, 0.25) is 0 Å². The van der Waals surface area contributed by atoms with Crippen LogP contribution in [0.2, 0.25) is 0 Å². The number of hydrogen-bond donors (Lipinski definition) is 1. The minimum Gasteiger partial charge on any atom is -0.421 e. The van der Waals surface area contributed by atoms with E-state index in [-0.39, 0.29) is 17.7 Å². The first-order valence-corrected chi connectivity index (χ1v) is 7.73. The average molecular weight is 388 g/mol. The number of hydrogen-bond acceptors (Lipinski definition) is 4. The maximum absolute atomic E-state index is 13.5. The molecule has 1 heterocycles. The Labute approximate surface area is 145 Å². The first-order chi connectivity index (χ1) is 11.6. The molecule has 1 aromatic heterocycles. The van der Waals surface area contributed by atoms with Crippen molar-refractivity contribution in [3.05, 3.63) is 76.8 Å². The van der Waals surface area contributed by atoms with E-state index in [0.717, 1.165) is 0 Å². The highest BCUT2D eigenvalue weighted by Crippen LogP contribution is 2.22. The molecular weight excluding hydrogens is 377 g/mol. The number of benzene rings is 2. The third kappa shape index (κ3) is 3.75. The fourth-order valence-corrected chi connectivity index (χ4v) is 2.37. The Hall–Kier alpha value is -2.80. The molecule has 2 aromatic carbocycles. The van der Waals surface area contributed by atoms with E-state index < -0.39 is 5.82 Å².